The van der Waals surface area contributed by atoms with Gasteiger partial charge in [-0.05, 0) is 56.1 Å². The van der Waals surface area contributed by atoms with Crippen molar-refractivity contribution >= 4 is 12.2 Å². The second-order valence-electron chi connectivity index (χ2n) is 8.00. The van der Waals surface area contributed by atoms with Gasteiger partial charge in [0.2, 0.25) is 4.77 Å². The lowest BCUT2D eigenvalue weighted by Crippen LogP contribution is -2.39. The molecule has 0 aliphatic carbocycles. The van der Waals surface area contributed by atoms with Crippen LogP contribution in [0.1, 0.15) is 35.4 Å². The van der Waals surface area contributed by atoms with E-state index in [-0.39, 0.29) is 6.10 Å². The summed E-state index contributed by atoms with van der Waals surface area (Å²) in [6.07, 6.45) is 2.33. The summed E-state index contributed by atoms with van der Waals surface area (Å²) < 4.78 is 4.71. The Morgan fingerprint density at radius 3 is 2.66 bits per heavy atom. The molecule has 4 rings (SSSR count). The Balaban J connectivity index is 1.74. The quantitative estimate of drug-likeness (QED) is 0.648. The highest BCUT2D eigenvalue weighted by Gasteiger charge is 2.20. The van der Waals surface area contributed by atoms with Crippen LogP contribution in [0.5, 0.6) is 0 Å². The van der Waals surface area contributed by atoms with E-state index in [1.807, 2.05) is 10.7 Å². The van der Waals surface area contributed by atoms with Crippen molar-refractivity contribution in [3.8, 4) is 5.69 Å². The molecule has 5 nitrogen and oxygen atoms in total. The molecule has 0 radical (unpaired) electrons. The molecule has 29 heavy (non-hydrogen) atoms. The first kappa shape index (κ1) is 20.0. The van der Waals surface area contributed by atoms with Gasteiger partial charge in [0.15, 0.2) is 0 Å². The third kappa shape index (κ3) is 4.50. The fraction of sp³-hybridized carbons (Fsp3) is 0.391. The topological polar surface area (TPSA) is 46.2 Å². The van der Waals surface area contributed by atoms with Gasteiger partial charge in [-0.25, -0.2) is 4.68 Å². The van der Waals surface area contributed by atoms with Gasteiger partial charge in [0.1, 0.15) is 5.82 Å². The molecule has 0 bridgehead atoms. The normalized spacial score (nSPS) is 17.6. The number of benzene rings is 2. The molecule has 1 atom stereocenters. The molecule has 1 aliphatic rings. The minimum atomic E-state index is -0.261. The van der Waals surface area contributed by atoms with Crippen LogP contribution < -0.4 is 0 Å². The molecule has 0 saturated carbocycles. The molecular formula is C23H28N4OS. The Bertz CT molecular complexity index is 1040. The lowest BCUT2D eigenvalue weighted by molar-refractivity contribution is 0.0512. The van der Waals surface area contributed by atoms with E-state index in [1.165, 1.54) is 16.7 Å². The van der Waals surface area contributed by atoms with Crippen LogP contribution in [0.3, 0.4) is 0 Å². The van der Waals surface area contributed by atoms with Crippen molar-refractivity contribution in [1.82, 2.24) is 19.2 Å². The van der Waals surface area contributed by atoms with Gasteiger partial charge in [0.05, 0.1) is 18.5 Å². The van der Waals surface area contributed by atoms with E-state index >= 15 is 0 Å². The summed E-state index contributed by atoms with van der Waals surface area (Å²) in [5.41, 5.74) is 4.70. The van der Waals surface area contributed by atoms with Crippen LogP contribution in [-0.2, 0) is 13.1 Å². The zero-order chi connectivity index (χ0) is 20.4. The number of aryl methyl sites for hydroxylation is 2. The number of β-amino-alcohol motifs (C(OH)–C–C–N with tert-alkyl or cyclic N) is 1. The van der Waals surface area contributed by atoms with Crippen molar-refractivity contribution < 1.29 is 5.11 Å². The van der Waals surface area contributed by atoms with E-state index < -0.39 is 0 Å². The smallest absolute Gasteiger partial charge is 0.203 e. The van der Waals surface area contributed by atoms with Gasteiger partial charge in [-0.15, -0.1) is 0 Å². The molecule has 0 amide bonds. The Kier molecular flexibility index (Phi) is 5.94. The van der Waals surface area contributed by atoms with E-state index in [1.54, 1.807) is 0 Å². The van der Waals surface area contributed by atoms with Gasteiger partial charge in [0, 0.05) is 19.5 Å². The Hall–Kier alpha value is -2.28. The van der Waals surface area contributed by atoms with E-state index in [2.05, 4.69) is 65.8 Å². The molecule has 1 saturated heterocycles. The van der Waals surface area contributed by atoms with Gasteiger partial charge in [-0.3, -0.25) is 9.47 Å². The first-order valence-corrected chi connectivity index (χ1v) is 10.6. The summed E-state index contributed by atoms with van der Waals surface area (Å²) in [6.45, 7) is 6.46. The van der Waals surface area contributed by atoms with Gasteiger partial charge in [-0.2, -0.15) is 5.10 Å². The molecule has 2 heterocycles. The van der Waals surface area contributed by atoms with E-state index in [0.29, 0.717) is 24.4 Å². The van der Waals surface area contributed by atoms with Gasteiger partial charge >= 0.3 is 0 Å². The van der Waals surface area contributed by atoms with Gasteiger partial charge < -0.3 is 5.11 Å². The molecule has 1 fully saturated rings. The molecule has 3 aromatic rings. The molecule has 1 aliphatic heterocycles. The number of rotatable bonds is 5. The fourth-order valence-corrected chi connectivity index (χ4v) is 4.39. The maximum Gasteiger partial charge on any atom is 0.203 e. The fourth-order valence-electron chi connectivity index (χ4n) is 4.09. The van der Waals surface area contributed by atoms with Crippen molar-refractivity contribution in [2.75, 3.05) is 13.1 Å². The SMILES string of the molecule is Cc1ccc(-n2c(Cc3ccccc3)nn(CN3CCC[C@@H](O)C3)c2=S)c(C)c1. The van der Waals surface area contributed by atoms with Crippen molar-refractivity contribution in [1.29, 1.82) is 0 Å². The van der Waals surface area contributed by atoms with Crippen molar-refractivity contribution in [3.05, 3.63) is 75.8 Å². The van der Waals surface area contributed by atoms with Crippen molar-refractivity contribution in [2.45, 2.75) is 45.9 Å². The minimum absolute atomic E-state index is 0.261. The summed E-state index contributed by atoms with van der Waals surface area (Å²) >= 11 is 5.88. The lowest BCUT2D eigenvalue weighted by Gasteiger charge is -2.29. The summed E-state index contributed by atoms with van der Waals surface area (Å²) in [4.78, 5) is 2.23. The standard InChI is InChI=1S/C23H28N4OS/c1-17-10-11-21(18(2)13-17)27-22(14-19-7-4-3-5-8-19)24-26(23(27)29)16-25-12-6-9-20(28)15-25/h3-5,7-8,10-11,13,20,28H,6,9,12,14-16H2,1-2H3/t20-/m1/s1. The van der Waals surface area contributed by atoms with Crippen LogP contribution in [0.4, 0.5) is 0 Å². The first-order valence-electron chi connectivity index (χ1n) is 10.2. The van der Waals surface area contributed by atoms with Crippen LogP contribution in [0.2, 0.25) is 0 Å². The number of nitrogens with zero attached hydrogens (tertiary/aromatic N) is 4. The molecular weight excluding hydrogens is 380 g/mol. The Morgan fingerprint density at radius 2 is 1.93 bits per heavy atom. The summed E-state index contributed by atoms with van der Waals surface area (Å²) in [5, 5.41) is 14.9. The number of hydrogen-bond donors (Lipinski definition) is 1. The number of aromatic nitrogens is 3. The van der Waals surface area contributed by atoms with E-state index in [0.717, 1.165) is 30.9 Å². The number of likely N-dealkylation sites (tertiary alicyclic amines) is 1. The third-order valence-electron chi connectivity index (χ3n) is 5.52. The zero-order valence-corrected chi connectivity index (χ0v) is 17.9. The summed E-state index contributed by atoms with van der Waals surface area (Å²) in [7, 11) is 0. The first-order chi connectivity index (χ1) is 14.0. The summed E-state index contributed by atoms with van der Waals surface area (Å²) in [6, 6.07) is 16.8. The highest BCUT2D eigenvalue weighted by Crippen LogP contribution is 2.21. The van der Waals surface area contributed by atoms with E-state index in [9.17, 15) is 5.11 Å². The third-order valence-corrected chi connectivity index (χ3v) is 5.91. The van der Waals surface area contributed by atoms with Crippen LogP contribution in [0.15, 0.2) is 48.5 Å². The maximum atomic E-state index is 10.0. The predicted octanol–water partition coefficient (Wildman–Crippen LogP) is 4.03. The molecule has 0 unspecified atom stereocenters. The monoisotopic (exact) mass is 408 g/mol. The number of piperidine rings is 1. The Labute approximate surface area is 177 Å². The van der Waals surface area contributed by atoms with Gasteiger partial charge in [0.25, 0.3) is 0 Å². The minimum Gasteiger partial charge on any atom is -0.392 e. The molecule has 1 aromatic heterocycles. The molecule has 0 spiro atoms. The van der Waals surface area contributed by atoms with Crippen LogP contribution in [0.25, 0.3) is 5.69 Å². The van der Waals surface area contributed by atoms with Crippen LogP contribution >= 0.6 is 12.2 Å². The molecule has 2 aromatic carbocycles. The van der Waals surface area contributed by atoms with Gasteiger partial charge in [-0.1, -0.05) is 48.0 Å². The van der Waals surface area contributed by atoms with Crippen LogP contribution in [0, 0.1) is 18.6 Å². The number of hydrogen-bond acceptors (Lipinski definition) is 4. The number of aliphatic hydroxyl groups excluding tert-OH is 1. The molecule has 152 valence electrons. The second kappa shape index (κ2) is 8.61. The zero-order valence-electron chi connectivity index (χ0n) is 17.1. The van der Waals surface area contributed by atoms with Crippen molar-refractivity contribution in [3.63, 3.8) is 0 Å². The maximum absolute atomic E-state index is 10.0. The highest BCUT2D eigenvalue weighted by atomic mass is 32.1. The lowest BCUT2D eigenvalue weighted by atomic mass is 10.1. The largest absolute Gasteiger partial charge is 0.392 e. The predicted molar refractivity (Wildman–Crippen MR) is 118 cm³/mol. The van der Waals surface area contributed by atoms with Crippen molar-refractivity contribution in [2.24, 2.45) is 0 Å². The number of aliphatic hydroxyl groups is 1. The van der Waals surface area contributed by atoms with Crippen LogP contribution in [-0.4, -0.2) is 43.5 Å². The molecule has 6 heteroatoms. The van der Waals surface area contributed by atoms with E-state index in [4.69, 9.17) is 17.3 Å². The second-order valence-corrected chi connectivity index (χ2v) is 8.37. The average molecular weight is 409 g/mol. The summed E-state index contributed by atoms with van der Waals surface area (Å²) in [5.74, 6) is 0.936. The average Bonchev–Trinajstić information content (AvgIpc) is 2.98. The Morgan fingerprint density at radius 1 is 1.14 bits per heavy atom. The molecule has 1 N–H and O–H groups in total. The highest BCUT2D eigenvalue weighted by molar-refractivity contribution is 7.71.